The molecule has 0 aliphatic rings. The first kappa shape index (κ1) is 12.0. The van der Waals surface area contributed by atoms with Crippen LogP contribution in [0.4, 0.5) is 4.39 Å². The van der Waals surface area contributed by atoms with Crippen LogP contribution in [0, 0.1) is 12.7 Å². The molecule has 2 rings (SSSR count). The summed E-state index contributed by atoms with van der Waals surface area (Å²) in [5.41, 5.74) is -0.631. The van der Waals surface area contributed by atoms with Crippen LogP contribution >= 0.6 is 23.2 Å². The number of aromatic nitrogens is 3. The van der Waals surface area contributed by atoms with E-state index in [1.807, 2.05) is 0 Å². The Kier molecular flexibility index (Phi) is 3.13. The van der Waals surface area contributed by atoms with Crippen molar-refractivity contribution in [1.29, 1.82) is 0 Å². The minimum atomic E-state index is -0.918. The molecule has 88 valence electrons. The Balaban J connectivity index is 2.65. The van der Waals surface area contributed by atoms with Crippen LogP contribution in [-0.2, 0) is 0 Å². The average molecular weight is 274 g/mol. The minimum Gasteiger partial charge on any atom is -0.303 e. The number of halogens is 3. The van der Waals surface area contributed by atoms with Gasteiger partial charge >= 0.3 is 0 Å². The van der Waals surface area contributed by atoms with Crippen molar-refractivity contribution in [3.63, 3.8) is 0 Å². The lowest BCUT2D eigenvalue weighted by Gasteiger charge is -2.04. The Hall–Kier alpha value is -1.46. The molecular formula is C10H6Cl2FN3O. The predicted molar refractivity (Wildman–Crippen MR) is 62.8 cm³/mol. The van der Waals surface area contributed by atoms with Gasteiger partial charge in [-0.15, -0.1) is 0 Å². The van der Waals surface area contributed by atoms with Crippen molar-refractivity contribution in [3.05, 3.63) is 44.2 Å². The maximum atomic E-state index is 13.1. The fourth-order valence-corrected chi connectivity index (χ4v) is 1.74. The molecule has 0 radical (unpaired) electrons. The third-order valence-corrected chi connectivity index (χ3v) is 2.56. The number of H-pyrrole nitrogens is 1. The number of hydrogen-bond donors (Lipinski definition) is 1. The highest BCUT2D eigenvalue weighted by atomic mass is 35.5. The summed E-state index contributed by atoms with van der Waals surface area (Å²) in [6.45, 7) is 1.39. The molecule has 0 atom stereocenters. The molecule has 0 spiro atoms. The Morgan fingerprint density at radius 3 is 2.71 bits per heavy atom. The fourth-order valence-electron chi connectivity index (χ4n) is 1.27. The molecule has 2 aromatic rings. The number of nitrogens with zero attached hydrogens (tertiary/aromatic N) is 2. The van der Waals surface area contributed by atoms with Crippen LogP contribution in [0.2, 0.25) is 10.0 Å². The fraction of sp³-hybridized carbons (Fsp3) is 0.100. The smallest absolute Gasteiger partial charge is 0.287 e. The van der Waals surface area contributed by atoms with Crippen LogP contribution in [-0.4, -0.2) is 15.0 Å². The van der Waals surface area contributed by atoms with E-state index in [0.717, 1.165) is 0 Å². The second kappa shape index (κ2) is 4.43. The quantitative estimate of drug-likeness (QED) is 0.869. The Bertz CT molecular complexity index is 642. The SMILES string of the molecule is Cc1nc(-c2ncc(Cl)cc2Cl)[nH]c(=O)c1F. The molecule has 0 amide bonds. The molecule has 0 fully saturated rings. The molecule has 2 heterocycles. The van der Waals surface area contributed by atoms with E-state index >= 15 is 0 Å². The van der Waals surface area contributed by atoms with Crippen LogP contribution in [0.3, 0.4) is 0 Å². The van der Waals surface area contributed by atoms with Crippen LogP contribution in [0.1, 0.15) is 5.69 Å². The van der Waals surface area contributed by atoms with E-state index in [1.54, 1.807) is 0 Å². The first-order valence-electron chi connectivity index (χ1n) is 4.57. The van der Waals surface area contributed by atoms with Gasteiger partial charge in [0.05, 0.1) is 15.7 Å². The number of pyridine rings is 1. The molecule has 0 bridgehead atoms. The van der Waals surface area contributed by atoms with Gasteiger partial charge in [-0.3, -0.25) is 4.79 Å². The summed E-state index contributed by atoms with van der Waals surface area (Å²) >= 11 is 11.6. The van der Waals surface area contributed by atoms with Gasteiger partial charge in [0.25, 0.3) is 5.56 Å². The lowest BCUT2D eigenvalue weighted by molar-refractivity contribution is 0.589. The molecule has 0 aliphatic heterocycles. The van der Waals surface area contributed by atoms with Crippen LogP contribution in [0.15, 0.2) is 17.1 Å². The number of nitrogens with one attached hydrogen (secondary N) is 1. The maximum Gasteiger partial charge on any atom is 0.287 e. The van der Waals surface area contributed by atoms with Crippen LogP contribution < -0.4 is 5.56 Å². The van der Waals surface area contributed by atoms with Crippen LogP contribution in [0.5, 0.6) is 0 Å². The van der Waals surface area contributed by atoms with Crippen molar-refractivity contribution >= 4 is 23.2 Å². The summed E-state index contributed by atoms with van der Waals surface area (Å²) in [7, 11) is 0. The number of rotatable bonds is 1. The highest BCUT2D eigenvalue weighted by Gasteiger charge is 2.12. The molecule has 17 heavy (non-hydrogen) atoms. The monoisotopic (exact) mass is 273 g/mol. The summed E-state index contributed by atoms with van der Waals surface area (Å²) < 4.78 is 13.1. The van der Waals surface area contributed by atoms with Gasteiger partial charge in [-0.25, -0.2) is 9.97 Å². The van der Waals surface area contributed by atoms with Crippen molar-refractivity contribution in [1.82, 2.24) is 15.0 Å². The van der Waals surface area contributed by atoms with E-state index in [-0.39, 0.29) is 22.2 Å². The van der Waals surface area contributed by atoms with Gasteiger partial charge < -0.3 is 4.98 Å². The summed E-state index contributed by atoms with van der Waals surface area (Å²) in [6, 6.07) is 1.46. The summed E-state index contributed by atoms with van der Waals surface area (Å²) in [4.78, 5) is 21.3. The van der Waals surface area contributed by atoms with Crippen molar-refractivity contribution < 1.29 is 4.39 Å². The summed E-state index contributed by atoms with van der Waals surface area (Å²) in [5.74, 6) is -0.811. The van der Waals surface area contributed by atoms with Crippen molar-refractivity contribution in [3.8, 4) is 11.5 Å². The second-order valence-corrected chi connectivity index (χ2v) is 4.14. The standard InChI is InChI=1S/C10H6Cl2FN3O/c1-4-7(13)10(17)16-9(15-4)8-6(12)2-5(11)3-14-8/h2-3H,1H3,(H,15,16,17). The van der Waals surface area contributed by atoms with E-state index in [4.69, 9.17) is 23.2 Å². The first-order chi connectivity index (χ1) is 7.99. The highest BCUT2D eigenvalue weighted by molar-refractivity contribution is 6.35. The zero-order valence-electron chi connectivity index (χ0n) is 8.59. The van der Waals surface area contributed by atoms with E-state index in [1.165, 1.54) is 19.2 Å². The molecule has 0 aromatic carbocycles. The number of aryl methyl sites for hydroxylation is 1. The zero-order valence-corrected chi connectivity index (χ0v) is 10.1. The molecular weight excluding hydrogens is 268 g/mol. The molecule has 7 heteroatoms. The summed E-state index contributed by atoms with van der Waals surface area (Å²) in [5, 5.41) is 0.589. The third kappa shape index (κ3) is 2.30. The number of hydrogen-bond acceptors (Lipinski definition) is 3. The molecule has 0 saturated carbocycles. The van der Waals surface area contributed by atoms with Gasteiger partial charge in [-0.2, -0.15) is 4.39 Å². The first-order valence-corrected chi connectivity index (χ1v) is 5.32. The van der Waals surface area contributed by atoms with Gasteiger partial charge in [0, 0.05) is 6.20 Å². The topological polar surface area (TPSA) is 58.6 Å². The van der Waals surface area contributed by atoms with Gasteiger partial charge in [-0.05, 0) is 13.0 Å². The molecule has 2 aromatic heterocycles. The van der Waals surface area contributed by atoms with Gasteiger partial charge in [0.15, 0.2) is 5.82 Å². The van der Waals surface area contributed by atoms with Crippen molar-refractivity contribution in [2.24, 2.45) is 0 Å². The largest absolute Gasteiger partial charge is 0.303 e. The Morgan fingerprint density at radius 2 is 2.12 bits per heavy atom. The second-order valence-electron chi connectivity index (χ2n) is 3.30. The molecule has 4 nitrogen and oxygen atoms in total. The maximum absolute atomic E-state index is 13.1. The van der Waals surface area contributed by atoms with E-state index in [9.17, 15) is 9.18 Å². The van der Waals surface area contributed by atoms with E-state index < -0.39 is 11.4 Å². The average Bonchev–Trinajstić information content (AvgIpc) is 2.25. The zero-order chi connectivity index (χ0) is 12.6. The predicted octanol–water partition coefficient (Wildman–Crippen LogP) is 2.59. The highest BCUT2D eigenvalue weighted by Crippen LogP contribution is 2.24. The van der Waals surface area contributed by atoms with Gasteiger partial charge in [0.2, 0.25) is 5.82 Å². The van der Waals surface area contributed by atoms with E-state index in [0.29, 0.717) is 5.02 Å². The molecule has 1 N–H and O–H groups in total. The third-order valence-electron chi connectivity index (χ3n) is 2.06. The molecule has 0 aliphatic carbocycles. The Morgan fingerprint density at radius 1 is 1.41 bits per heavy atom. The van der Waals surface area contributed by atoms with Crippen LogP contribution in [0.25, 0.3) is 11.5 Å². The number of aromatic amines is 1. The van der Waals surface area contributed by atoms with Crippen molar-refractivity contribution in [2.75, 3.05) is 0 Å². The van der Waals surface area contributed by atoms with Gasteiger partial charge in [-0.1, -0.05) is 23.2 Å². The van der Waals surface area contributed by atoms with E-state index in [2.05, 4.69) is 15.0 Å². The van der Waals surface area contributed by atoms with Gasteiger partial charge in [0.1, 0.15) is 5.69 Å². The molecule has 0 unspecified atom stereocenters. The minimum absolute atomic E-state index is 0.0171. The summed E-state index contributed by atoms with van der Waals surface area (Å²) in [6.07, 6.45) is 1.36. The molecule has 0 saturated heterocycles. The van der Waals surface area contributed by atoms with Crippen molar-refractivity contribution in [2.45, 2.75) is 6.92 Å². The lowest BCUT2D eigenvalue weighted by atomic mass is 10.3. The Labute approximate surface area is 105 Å². The lowest BCUT2D eigenvalue weighted by Crippen LogP contribution is -2.15. The normalized spacial score (nSPS) is 10.6.